The van der Waals surface area contributed by atoms with E-state index in [4.69, 9.17) is 5.11 Å². The van der Waals surface area contributed by atoms with Gasteiger partial charge in [-0.3, -0.25) is 4.79 Å². The average Bonchev–Trinajstić information content (AvgIpc) is 2.38. The molecule has 7 nitrogen and oxygen atoms in total. The second-order valence-electron chi connectivity index (χ2n) is 5.53. The Morgan fingerprint density at radius 2 is 1.81 bits per heavy atom. The molecule has 1 aliphatic carbocycles. The maximum absolute atomic E-state index is 11.9. The second-order valence-corrected chi connectivity index (χ2v) is 8.00. The fourth-order valence-corrected chi connectivity index (χ4v) is 3.32. The highest BCUT2D eigenvalue weighted by Gasteiger charge is 2.35. The van der Waals surface area contributed by atoms with Crippen molar-refractivity contribution in [3.63, 3.8) is 0 Å². The highest BCUT2D eigenvalue weighted by Crippen LogP contribution is 2.31. The van der Waals surface area contributed by atoms with Gasteiger partial charge in [-0.05, 0) is 12.8 Å². The van der Waals surface area contributed by atoms with Crippen LogP contribution < -0.4 is 10.6 Å². The van der Waals surface area contributed by atoms with Crippen molar-refractivity contribution in [2.45, 2.75) is 51.0 Å². The van der Waals surface area contributed by atoms with Gasteiger partial charge in [-0.2, -0.15) is 0 Å². The summed E-state index contributed by atoms with van der Waals surface area (Å²) in [5.74, 6) is -1.01. The molecule has 8 heteroatoms. The van der Waals surface area contributed by atoms with Gasteiger partial charge < -0.3 is 15.7 Å². The van der Waals surface area contributed by atoms with E-state index in [1.165, 1.54) is 0 Å². The molecule has 0 bridgehead atoms. The quantitative estimate of drug-likeness (QED) is 0.645. The second kappa shape index (κ2) is 7.63. The highest BCUT2D eigenvalue weighted by molar-refractivity contribution is 7.91. The van der Waals surface area contributed by atoms with Crippen LogP contribution in [0.25, 0.3) is 0 Å². The van der Waals surface area contributed by atoms with Crippen LogP contribution in [0.1, 0.15) is 45.4 Å². The lowest BCUT2D eigenvalue weighted by atomic mass is 9.79. The van der Waals surface area contributed by atoms with Gasteiger partial charge in [0.2, 0.25) is 0 Å². The number of hydrogen-bond donors (Lipinski definition) is 3. The van der Waals surface area contributed by atoms with Gasteiger partial charge in [-0.15, -0.1) is 0 Å². The van der Waals surface area contributed by atoms with Crippen molar-refractivity contribution in [3.8, 4) is 0 Å². The first-order chi connectivity index (χ1) is 9.79. The smallest absolute Gasteiger partial charge is 0.315 e. The number of sulfone groups is 1. The predicted octanol–water partition coefficient (Wildman–Crippen LogP) is 0.898. The van der Waals surface area contributed by atoms with Crippen molar-refractivity contribution in [1.82, 2.24) is 10.6 Å². The number of aliphatic carboxylic acids is 1. The van der Waals surface area contributed by atoms with Crippen LogP contribution in [0, 0.1) is 0 Å². The molecule has 0 aliphatic heterocycles. The maximum atomic E-state index is 11.9. The van der Waals surface area contributed by atoms with Crippen molar-refractivity contribution in [3.05, 3.63) is 0 Å². The zero-order valence-corrected chi connectivity index (χ0v) is 13.2. The van der Waals surface area contributed by atoms with Crippen LogP contribution in [0.4, 0.5) is 4.79 Å². The van der Waals surface area contributed by atoms with Gasteiger partial charge in [0, 0.05) is 12.3 Å². The summed E-state index contributed by atoms with van der Waals surface area (Å²) in [6.45, 7) is 1.59. The first-order valence-corrected chi connectivity index (χ1v) is 9.09. The van der Waals surface area contributed by atoms with Crippen LogP contribution in [0.5, 0.6) is 0 Å². The Labute approximate surface area is 125 Å². The Hall–Kier alpha value is -1.31. The lowest BCUT2D eigenvalue weighted by Crippen LogP contribution is -2.54. The van der Waals surface area contributed by atoms with Crippen molar-refractivity contribution >= 4 is 21.8 Å². The van der Waals surface area contributed by atoms with E-state index < -0.39 is 27.4 Å². The van der Waals surface area contributed by atoms with E-state index in [1.807, 2.05) is 0 Å². The Kier molecular flexibility index (Phi) is 6.44. The predicted molar refractivity (Wildman–Crippen MR) is 78.9 cm³/mol. The summed E-state index contributed by atoms with van der Waals surface area (Å²) >= 11 is 0. The summed E-state index contributed by atoms with van der Waals surface area (Å²) < 4.78 is 22.7. The summed E-state index contributed by atoms with van der Waals surface area (Å²) in [6.07, 6.45) is 3.99. The van der Waals surface area contributed by atoms with Crippen LogP contribution in [-0.4, -0.2) is 49.1 Å². The monoisotopic (exact) mass is 320 g/mol. The van der Waals surface area contributed by atoms with E-state index in [0.717, 1.165) is 19.3 Å². The van der Waals surface area contributed by atoms with Crippen LogP contribution in [-0.2, 0) is 14.6 Å². The number of rotatable bonds is 7. The number of urea groups is 1. The van der Waals surface area contributed by atoms with Crippen LogP contribution >= 0.6 is 0 Å². The van der Waals surface area contributed by atoms with Gasteiger partial charge in [0.05, 0.1) is 17.7 Å². The van der Waals surface area contributed by atoms with Gasteiger partial charge in [-0.1, -0.05) is 26.2 Å². The number of nitrogens with one attached hydrogen (secondary N) is 2. The minimum atomic E-state index is -3.12. The molecular formula is C13H24N2O5S. The molecule has 0 aromatic carbocycles. The van der Waals surface area contributed by atoms with Crippen molar-refractivity contribution < 1.29 is 23.1 Å². The maximum Gasteiger partial charge on any atom is 0.315 e. The molecule has 2 amide bonds. The molecular weight excluding hydrogens is 296 g/mol. The van der Waals surface area contributed by atoms with Gasteiger partial charge in [0.25, 0.3) is 0 Å². The summed E-state index contributed by atoms with van der Waals surface area (Å²) in [5.41, 5.74) is -0.711. The number of amides is 2. The van der Waals surface area contributed by atoms with Crippen LogP contribution in [0.15, 0.2) is 0 Å². The molecule has 0 unspecified atom stereocenters. The fraction of sp³-hybridized carbons (Fsp3) is 0.846. The Morgan fingerprint density at radius 1 is 1.19 bits per heavy atom. The number of hydrogen-bond acceptors (Lipinski definition) is 4. The molecule has 1 rings (SSSR count). The third-order valence-corrected chi connectivity index (χ3v) is 5.52. The molecule has 21 heavy (non-hydrogen) atoms. The van der Waals surface area contributed by atoms with E-state index in [0.29, 0.717) is 12.8 Å². The summed E-state index contributed by atoms with van der Waals surface area (Å²) in [4.78, 5) is 22.8. The van der Waals surface area contributed by atoms with Crippen LogP contribution in [0.3, 0.4) is 0 Å². The van der Waals surface area contributed by atoms with Crippen LogP contribution in [0.2, 0.25) is 0 Å². The third-order valence-electron chi connectivity index (χ3n) is 3.82. The minimum Gasteiger partial charge on any atom is -0.481 e. The normalized spacial score (nSPS) is 18.0. The molecule has 122 valence electrons. The molecule has 1 saturated carbocycles. The van der Waals surface area contributed by atoms with Crippen molar-refractivity contribution in [1.29, 1.82) is 0 Å². The standard InChI is InChI=1S/C13H24N2O5S/c1-2-21(19,20)9-8-14-12(18)15-13(10-11(16)17)6-4-3-5-7-13/h2-10H2,1H3,(H,16,17)(H2,14,15,18). The summed E-state index contributed by atoms with van der Waals surface area (Å²) in [7, 11) is -3.12. The van der Waals surface area contributed by atoms with E-state index in [2.05, 4.69) is 10.6 Å². The minimum absolute atomic E-state index is 0.0329. The Morgan fingerprint density at radius 3 is 2.33 bits per heavy atom. The SMILES string of the molecule is CCS(=O)(=O)CCNC(=O)NC1(CC(=O)O)CCCCC1. The van der Waals surface area contributed by atoms with Gasteiger partial charge in [0.1, 0.15) is 0 Å². The molecule has 1 fully saturated rings. The lowest BCUT2D eigenvalue weighted by Gasteiger charge is -2.36. The molecule has 0 atom stereocenters. The zero-order chi connectivity index (χ0) is 15.9. The van der Waals surface area contributed by atoms with E-state index >= 15 is 0 Å². The highest BCUT2D eigenvalue weighted by atomic mass is 32.2. The number of carbonyl (C=O) groups is 2. The molecule has 3 N–H and O–H groups in total. The molecule has 1 aliphatic rings. The molecule has 0 heterocycles. The first-order valence-electron chi connectivity index (χ1n) is 7.27. The van der Waals surface area contributed by atoms with Gasteiger partial charge in [0.15, 0.2) is 9.84 Å². The average molecular weight is 320 g/mol. The zero-order valence-electron chi connectivity index (χ0n) is 12.4. The molecule has 0 saturated heterocycles. The third kappa shape index (κ3) is 6.33. The molecule has 0 aromatic heterocycles. The van der Waals surface area contributed by atoms with Crippen molar-refractivity contribution in [2.24, 2.45) is 0 Å². The van der Waals surface area contributed by atoms with Gasteiger partial charge in [-0.25, -0.2) is 13.2 Å². The number of carboxylic acids is 1. The summed E-state index contributed by atoms with van der Waals surface area (Å²) in [5, 5.41) is 14.2. The Bertz CT molecular complexity index is 469. The molecule has 0 spiro atoms. The van der Waals surface area contributed by atoms with E-state index in [1.54, 1.807) is 6.92 Å². The van der Waals surface area contributed by atoms with Crippen molar-refractivity contribution in [2.75, 3.05) is 18.1 Å². The lowest BCUT2D eigenvalue weighted by molar-refractivity contribution is -0.139. The Balaban J connectivity index is 2.51. The molecule has 0 radical (unpaired) electrons. The molecule has 0 aromatic rings. The summed E-state index contributed by atoms with van der Waals surface area (Å²) in [6, 6.07) is -0.496. The largest absolute Gasteiger partial charge is 0.481 e. The number of carbonyl (C=O) groups excluding carboxylic acids is 1. The fourth-order valence-electron chi connectivity index (χ4n) is 2.61. The van der Waals surface area contributed by atoms with E-state index in [-0.39, 0.29) is 24.5 Å². The van der Waals surface area contributed by atoms with E-state index in [9.17, 15) is 18.0 Å². The first kappa shape index (κ1) is 17.7. The van der Waals surface area contributed by atoms with Gasteiger partial charge >= 0.3 is 12.0 Å². The topological polar surface area (TPSA) is 113 Å². The number of carboxylic acid groups (broad SMARTS) is 1.